The Labute approximate surface area is 146 Å². The van der Waals surface area contributed by atoms with E-state index in [1.165, 1.54) is 0 Å². The summed E-state index contributed by atoms with van der Waals surface area (Å²) in [6.45, 7) is 3.92. The molecule has 25 heavy (non-hydrogen) atoms. The molecule has 1 aromatic carbocycles. The first kappa shape index (κ1) is 15.7. The quantitative estimate of drug-likeness (QED) is 0.827. The molecule has 1 fully saturated rings. The lowest BCUT2D eigenvalue weighted by Crippen LogP contribution is -2.36. The van der Waals surface area contributed by atoms with Crippen molar-refractivity contribution in [3.63, 3.8) is 0 Å². The van der Waals surface area contributed by atoms with Crippen LogP contribution in [0.1, 0.15) is 16.8 Å². The highest BCUT2D eigenvalue weighted by atomic mass is 16.6. The van der Waals surface area contributed by atoms with E-state index in [4.69, 9.17) is 9.47 Å². The van der Waals surface area contributed by atoms with E-state index in [0.29, 0.717) is 43.4 Å². The zero-order valence-corrected chi connectivity index (χ0v) is 13.9. The molecule has 2 aliphatic rings. The van der Waals surface area contributed by atoms with Crippen LogP contribution in [-0.4, -0.2) is 60.4 Å². The number of aromatic nitrogens is 2. The number of hydrogen-bond acceptors (Lipinski definition) is 6. The van der Waals surface area contributed by atoms with Crippen molar-refractivity contribution in [1.29, 1.82) is 0 Å². The molecule has 0 saturated carbocycles. The molecule has 7 heteroatoms. The number of nitrogens with zero attached hydrogens (tertiary/aromatic N) is 4. The molecular formula is C18H20N4O3. The highest BCUT2D eigenvalue weighted by Crippen LogP contribution is 2.34. The van der Waals surface area contributed by atoms with Gasteiger partial charge in [0.25, 0.3) is 5.91 Å². The first-order valence-corrected chi connectivity index (χ1v) is 8.53. The summed E-state index contributed by atoms with van der Waals surface area (Å²) < 4.78 is 11.3. The van der Waals surface area contributed by atoms with Gasteiger partial charge in [-0.2, -0.15) is 5.10 Å². The van der Waals surface area contributed by atoms with Crippen molar-refractivity contribution in [3.8, 4) is 11.5 Å². The Morgan fingerprint density at radius 1 is 1.00 bits per heavy atom. The summed E-state index contributed by atoms with van der Waals surface area (Å²) in [5, 5.41) is 8.10. The van der Waals surface area contributed by atoms with Crippen molar-refractivity contribution in [2.75, 3.05) is 44.3 Å². The molecule has 3 heterocycles. The van der Waals surface area contributed by atoms with E-state index in [0.717, 1.165) is 25.3 Å². The molecule has 1 amide bonds. The first-order chi connectivity index (χ1) is 12.3. The average Bonchev–Trinajstić information content (AvgIpc) is 2.94. The molecule has 0 bridgehead atoms. The predicted molar refractivity (Wildman–Crippen MR) is 92.2 cm³/mol. The number of para-hydroxylation sites is 1. The van der Waals surface area contributed by atoms with Gasteiger partial charge >= 0.3 is 0 Å². The number of benzene rings is 1. The molecule has 0 unspecified atom stereocenters. The first-order valence-electron chi connectivity index (χ1n) is 8.53. The maximum atomic E-state index is 13.0. The van der Waals surface area contributed by atoms with Crippen LogP contribution < -0.4 is 14.4 Å². The SMILES string of the molecule is O=C(c1cccc2c1OCCO2)N1CCCN(c2cccnn2)CC1. The second kappa shape index (κ2) is 6.96. The number of amides is 1. The molecule has 4 rings (SSSR count). The van der Waals surface area contributed by atoms with Gasteiger partial charge in [0, 0.05) is 32.4 Å². The molecule has 0 aliphatic carbocycles. The van der Waals surface area contributed by atoms with Crippen LogP contribution in [0.4, 0.5) is 5.82 Å². The number of hydrogen-bond donors (Lipinski definition) is 0. The Kier molecular flexibility index (Phi) is 4.37. The number of anilines is 1. The molecule has 0 spiro atoms. The highest BCUT2D eigenvalue weighted by molar-refractivity contribution is 5.98. The summed E-state index contributed by atoms with van der Waals surface area (Å²) in [6.07, 6.45) is 2.55. The molecule has 1 aromatic heterocycles. The average molecular weight is 340 g/mol. The van der Waals surface area contributed by atoms with Gasteiger partial charge in [-0.3, -0.25) is 4.79 Å². The summed E-state index contributed by atoms with van der Waals surface area (Å²) in [7, 11) is 0. The van der Waals surface area contributed by atoms with E-state index >= 15 is 0 Å². The van der Waals surface area contributed by atoms with Crippen LogP contribution in [0.3, 0.4) is 0 Å². The third-order valence-electron chi connectivity index (χ3n) is 4.46. The van der Waals surface area contributed by atoms with Crippen molar-refractivity contribution in [1.82, 2.24) is 15.1 Å². The Hall–Kier alpha value is -2.83. The minimum absolute atomic E-state index is 0.0108. The third-order valence-corrected chi connectivity index (χ3v) is 4.46. The third kappa shape index (κ3) is 3.22. The standard InChI is InChI=1S/C18H20N4O3/c23-18(14-4-1-5-15-17(14)25-13-12-24-15)22-9-3-8-21(10-11-22)16-6-2-7-19-20-16/h1-2,4-7H,3,8-13H2. The van der Waals surface area contributed by atoms with Gasteiger partial charge in [0.15, 0.2) is 17.3 Å². The van der Waals surface area contributed by atoms with Crippen LogP contribution in [0.25, 0.3) is 0 Å². The Bertz CT molecular complexity index is 753. The lowest BCUT2D eigenvalue weighted by Gasteiger charge is -2.25. The van der Waals surface area contributed by atoms with E-state index in [2.05, 4.69) is 15.1 Å². The molecule has 130 valence electrons. The van der Waals surface area contributed by atoms with Crippen LogP contribution in [-0.2, 0) is 0 Å². The summed E-state index contributed by atoms with van der Waals surface area (Å²) in [5.41, 5.74) is 0.574. The fourth-order valence-corrected chi connectivity index (χ4v) is 3.22. The van der Waals surface area contributed by atoms with Gasteiger partial charge in [0.05, 0.1) is 5.56 Å². The topological polar surface area (TPSA) is 67.8 Å². The van der Waals surface area contributed by atoms with E-state index < -0.39 is 0 Å². The Balaban J connectivity index is 1.50. The van der Waals surface area contributed by atoms with Crippen molar-refractivity contribution in [3.05, 3.63) is 42.1 Å². The van der Waals surface area contributed by atoms with E-state index in [-0.39, 0.29) is 5.91 Å². The minimum Gasteiger partial charge on any atom is -0.486 e. The lowest BCUT2D eigenvalue weighted by molar-refractivity contribution is 0.0756. The fraction of sp³-hybridized carbons (Fsp3) is 0.389. The number of rotatable bonds is 2. The largest absolute Gasteiger partial charge is 0.486 e. The van der Waals surface area contributed by atoms with Crippen molar-refractivity contribution >= 4 is 11.7 Å². The van der Waals surface area contributed by atoms with Gasteiger partial charge in [-0.05, 0) is 30.7 Å². The zero-order valence-electron chi connectivity index (χ0n) is 13.9. The van der Waals surface area contributed by atoms with Crippen LogP contribution in [0.15, 0.2) is 36.5 Å². The second-order valence-corrected chi connectivity index (χ2v) is 6.04. The summed E-state index contributed by atoms with van der Waals surface area (Å²) in [6, 6.07) is 9.31. The lowest BCUT2D eigenvalue weighted by atomic mass is 10.1. The molecule has 1 saturated heterocycles. The van der Waals surface area contributed by atoms with Crippen molar-refractivity contribution < 1.29 is 14.3 Å². The normalized spacial score (nSPS) is 17.1. The maximum absolute atomic E-state index is 13.0. The van der Waals surface area contributed by atoms with Crippen LogP contribution >= 0.6 is 0 Å². The van der Waals surface area contributed by atoms with E-state index in [1.807, 2.05) is 29.2 Å². The Morgan fingerprint density at radius 2 is 1.92 bits per heavy atom. The number of carbonyl (C=O) groups excluding carboxylic acids is 1. The van der Waals surface area contributed by atoms with Crippen molar-refractivity contribution in [2.45, 2.75) is 6.42 Å². The van der Waals surface area contributed by atoms with Crippen LogP contribution in [0.2, 0.25) is 0 Å². The monoisotopic (exact) mass is 340 g/mol. The van der Waals surface area contributed by atoms with Gasteiger partial charge in [-0.25, -0.2) is 0 Å². The van der Waals surface area contributed by atoms with Crippen molar-refractivity contribution in [2.24, 2.45) is 0 Å². The molecule has 0 radical (unpaired) electrons. The molecule has 0 N–H and O–H groups in total. The smallest absolute Gasteiger partial charge is 0.257 e. The van der Waals surface area contributed by atoms with Crippen LogP contribution in [0.5, 0.6) is 11.5 Å². The Morgan fingerprint density at radius 3 is 2.80 bits per heavy atom. The summed E-state index contributed by atoms with van der Waals surface area (Å²) >= 11 is 0. The molecule has 2 aliphatic heterocycles. The second-order valence-electron chi connectivity index (χ2n) is 6.04. The molecule has 0 atom stereocenters. The zero-order chi connectivity index (χ0) is 17.1. The molecule has 7 nitrogen and oxygen atoms in total. The fourth-order valence-electron chi connectivity index (χ4n) is 3.22. The molecular weight excluding hydrogens is 320 g/mol. The molecule has 2 aromatic rings. The van der Waals surface area contributed by atoms with Gasteiger partial charge in [0.2, 0.25) is 0 Å². The number of fused-ring (bicyclic) bond motifs is 1. The maximum Gasteiger partial charge on any atom is 0.257 e. The summed E-state index contributed by atoms with van der Waals surface area (Å²) in [5.74, 6) is 2.05. The van der Waals surface area contributed by atoms with Crippen LogP contribution in [0, 0.1) is 0 Å². The highest BCUT2D eigenvalue weighted by Gasteiger charge is 2.26. The number of carbonyl (C=O) groups is 1. The van der Waals surface area contributed by atoms with E-state index in [9.17, 15) is 4.79 Å². The van der Waals surface area contributed by atoms with Gasteiger partial charge in [-0.15, -0.1) is 5.10 Å². The number of ether oxygens (including phenoxy) is 2. The van der Waals surface area contributed by atoms with Gasteiger partial charge in [0.1, 0.15) is 13.2 Å². The van der Waals surface area contributed by atoms with E-state index in [1.54, 1.807) is 12.3 Å². The minimum atomic E-state index is -0.0108. The van der Waals surface area contributed by atoms with Gasteiger partial charge in [-0.1, -0.05) is 6.07 Å². The predicted octanol–water partition coefficient (Wildman–Crippen LogP) is 1.60. The summed E-state index contributed by atoms with van der Waals surface area (Å²) in [4.78, 5) is 17.1. The van der Waals surface area contributed by atoms with Gasteiger partial charge < -0.3 is 19.3 Å².